The molecule has 3 heterocycles. The van der Waals surface area contributed by atoms with Crippen LogP contribution in [0.1, 0.15) is 13.8 Å². The Balaban J connectivity index is 0.000000574. The molecule has 18 heavy (non-hydrogen) atoms. The molecule has 0 amide bonds. The Kier molecular flexibility index (Phi) is 3.27. The van der Waals surface area contributed by atoms with Crippen molar-refractivity contribution in [1.29, 1.82) is 0 Å². The average molecular weight is 244 g/mol. The molecule has 3 N–H and O–H groups in total. The maximum Gasteiger partial charge on any atom is 0.145 e. The second-order valence-electron chi connectivity index (χ2n) is 3.58. The van der Waals surface area contributed by atoms with Gasteiger partial charge >= 0.3 is 0 Å². The van der Waals surface area contributed by atoms with Crippen LogP contribution in [0.2, 0.25) is 0 Å². The zero-order valence-electron chi connectivity index (χ0n) is 10.7. The van der Waals surface area contributed by atoms with Gasteiger partial charge in [0.05, 0.1) is 11.1 Å². The van der Waals surface area contributed by atoms with E-state index in [0.29, 0.717) is 5.82 Å². The maximum atomic E-state index is 5.88. The van der Waals surface area contributed by atoms with E-state index in [-0.39, 0.29) is 0 Å². The summed E-state index contributed by atoms with van der Waals surface area (Å²) < 4.78 is 1.92. The number of hydrogen-bond donors (Lipinski definition) is 2. The highest BCUT2D eigenvalue weighted by molar-refractivity contribution is 5.99. The Bertz CT molecular complexity index is 638. The highest BCUT2D eigenvalue weighted by Crippen LogP contribution is 2.30. The number of nitrogens with one attached hydrogen (secondary N) is 1. The highest BCUT2D eigenvalue weighted by Gasteiger charge is 2.13. The number of H-pyrrole nitrogens is 1. The molecule has 0 aliphatic heterocycles. The number of aromatic amines is 1. The molecule has 3 aromatic rings. The Morgan fingerprint density at radius 3 is 2.72 bits per heavy atom. The SMILES string of the molecule is CC.Cn1cc(-c2ccn[nH]2)c2c(N)ncnc21. The fourth-order valence-corrected chi connectivity index (χ4v) is 1.84. The molecule has 6 heteroatoms. The van der Waals surface area contributed by atoms with Crippen LogP contribution in [0.3, 0.4) is 0 Å². The van der Waals surface area contributed by atoms with Crippen LogP contribution in [-0.4, -0.2) is 24.7 Å². The average Bonchev–Trinajstić information content (AvgIpc) is 3.01. The van der Waals surface area contributed by atoms with Crippen LogP contribution in [-0.2, 0) is 7.05 Å². The van der Waals surface area contributed by atoms with E-state index in [1.807, 2.05) is 37.7 Å². The van der Waals surface area contributed by atoms with Crippen LogP contribution in [0.15, 0.2) is 24.8 Å². The molecule has 0 unspecified atom stereocenters. The summed E-state index contributed by atoms with van der Waals surface area (Å²) in [4.78, 5) is 8.22. The lowest BCUT2D eigenvalue weighted by Gasteiger charge is -1.97. The largest absolute Gasteiger partial charge is 0.383 e. The van der Waals surface area contributed by atoms with Gasteiger partial charge in [-0.3, -0.25) is 5.10 Å². The number of aromatic nitrogens is 5. The highest BCUT2D eigenvalue weighted by atomic mass is 15.1. The first kappa shape index (κ1) is 12.1. The van der Waals surface area contributed by atoms with Crippen molar-refractivity contribution >= 4 is 16.9 Å². The molecular weight excluding hydrogens is 228 g/mol. The number of fused-ring (bicyclic) bond motifs is 1. The van der Waals surface area contributed by atoms with Crippen LogP contribution in [0.25, 0.3) is 22.3 Å². The summed E-state index contributed by atoms with van der Waals surface area (Å²) in [5.41, 5.74) is 8.57. The van der Waals surface area contributed by atoms with Crippen LogP contribution in [0, 0.1) is 0 Å². The van der Waals surface area contributed by atoms with Gasteiger partial charge in [0, 0.05) is 25.0 Å². The molecule has 3 rings (SSSR count). The van der Waals surface area contributed by atoms with Crippen molar-refractivity contribution in [3.63, 3.8) is 0 Å². The molecule has 3 aromatic heterocycles. The molecule has 94 valence electrons. The molecule has 0 aromatic carbocycles. The summed E-state index contributed by atoms with van der Waals surface area (Å²) in [6.07, 6.45) is 5.13. The van der Waals surface area contributed by atoms with Crippen molar-refractivity contribution in [3.8, 4) is 11.3 Å². The smallest absolute Gasteiger partial charge is 0.145 e. The quantitative estimate of drug-likeness (QED) is 0.685. The van der Waals surface area contributed by atoms with Gasteiger partial charge in [0.2, 0.25) is 0 Å². The van der Waals surface area contributed by atoms with Crippen molar-refractivity contribution in [1.82, 2.24) is 24.7 Å². The predicted octanol–water partition coefficient (Wildman–Crippen LogP) is 1.97. The monoisotopic (exact) mass is 244 g/mol. The van der Waals surface area contributed by atoms with Crippen molar-refractivity contribution in [2.75, 3.05) is 5.73 Å². The number of rotatable bonds is 1. The molecule has 0 saturated heterocycles. The predicted molar refractivity (Wildman–Crippen MR) is 71.9 cm³/mol. The summed E-state index contributed by atoms with van der Waals surface area (Å²) in [5, 5.41) is 7.70. The van der Waals surface area contributed by atoms with Crippen molar-refractivity contribution < 1.29 is 0 Å². The van der Waals surface area contributed by atoms with Crippen LogP contribution in [0.5, 0.6) is 0 Å². The summed E-state index contributed by atoms with van der Waals surface area (Å²) in [6.45, 7) is 4.00. The van der Waals surface area contributed by atoms with E-state index in [0.717, 1.165) is 22.3 Å². The Labute approximate surface area is 105 Å². The van der Waals surface area contributed by atoms with E-state index >= 15 is 0 Å². The van der Waals surface area contributed by atoms with Crippen LogP contribution in [0.4, 0.5) is 5.82 Å². The molecule has 0 atom stereocenters. The van der Waals surface area contributed by atoms with Gasteiger partial charge in [-0.15, -0.1) is 0 Å². The molecule has 0 saturated carbocycles. The number of anilines is 1. The van der Waals surface area contributed by atoms with Gasteiger partial charge in [-0.1, -0.05) is 13.8 Å². The Hall–Kier alpha value is -2.37. The lowest BCUT2D eigenvalue weighted by atomic mass is 10.2. The maximum absolute atomic E-state index is 5.88. The lowest BCUT2D eigenvalue weighted by Crippen LogP contribution is -1.94. The summed E-state index contributed by atoms with van der Waals surface area (Å²) in [5.74, 6) is 0.482. The minimum atomic E-state index is 0.482. The molecule has 0 radical (unpaired) electrons. The first-order valence-electron chi connectivity index (χ1n) is 5.82. The van der Waals surface area contributed by atoms with Crippen molar-refractivity contribution in [2.45, 2.75) is 13.8 Å². The zero-order valence-corrected chi connectivity index (χ0v) is 10.7. The van der Waals surface area contributed by atoms with E-state index in [1.54, 1.807) is 6.20 Å². The first-order chi connectivity index (χ1) is 8.77. The van der Waals surface area contributed by atoms with Crippen molar-refractivity contribution in [2.24, 2.45) is 7.05 Å². The van der Waals surface area contributed by atoms with E-state index < -0.39 is 0 Å². The van der Waals surface area contributed by atoms with Gasteiger partial charge in [0.15, 0.2) is 0 Å². The molecule has 6 nitrogen and oxygen atoms in total. The normalized spacial score (nSPS) is 10.2. The molecule has 0 spiro atoms. The van der Waals surface area contributed by atoms with Gasteiger partial charge in [-0.25, -0.2) is 9.97 Å². The second kappa shape index (κ2) is 4.87. The number of nitrogens with two attached hydrogens (primary N) is 1. The van der Waals surface area contributed by atoms with Crippen LogP contribution < -0.4 is 5.73 Å². The van der Waals surface area contributed by atoms with Gasteiger partial charge in [-0.2, -0.15) is 5.10 Å². The van der Waals surface area contributed by atoms with Gasteiger partial charge in [0.25, 0.3) is 0 Å². The first-order valence-corrected chi connectivity index (χ1v) is 5.82. The molecule has 0 fully saturated rings. The zero-order chi connectivity index (χ0) is 13.1. The lowest BCUT2D eigenvalue weighted by molar-refractivity contribution is 0.944. The van der Waals surface area contributed by atoms with E-state index in [1.165, 1.54) is 6.33 Å². The molecule has 0 aliphatic carbocycles. The minimum absolute atomic E-state index is 0.482. The second-order valence-corrected chi connectivity index (χ2v) is 3.58. The number of nitrogen functional groups attached to an aromatic ring is 1. The van der Waals surface area contributed by atoms with Crippen molar-refractivity contribution in [3.05, 3.63) is 24.8 Å². The van der Waals surface area contributed by atoms with Gasteiger partial charge in [-0.05, 0) is 6.07 Å². The fraction of sp³-hybridized carbons (Fsp3) is 0.250. The summed E-state index contributed by atoms with van der Waals surface area (Å²) in [7, 11) is 1.93. The van der Waals surface area contributed by atoms with Gasteiger partial charge < -0.3 is 10.3 Å². The van der Waals surface area contributed by atoms with E-state index in [9.17, 15) is 0 Å². The topological polar surface area (TPSA) is 85.4 Å². The summed E-state index contributed by atoms with van der Waals surface area (Å²) in [6, 6.07) is 1.89. The Morgan fingerprint density at radius 1 is 1.28 bits per heavy atom. The minimum Gasteiger partial charge on any atom is -0.383 e. The third-order valence-electron chi connectivity index (χ3n) is 2.57. The third kappa shape index (κ3) is 1.81. The summed E-state index contributed by atoms with van der Waals surface area (Å²) >= 11 is 0. The standard InChI is InChI=1S/C10H10N6.C2H6/c1-16-4-6(7-2-3-14-15-7)8-9(11)12-5-13-10(8)16;1-2/h2-5H,1H3,(H,14,15)(H2,11,12,13);1-2H3. The molecule has 0 aliphatic rings. The third-order valence-corrected chi connectivity index (χ3v) is 2.57. The Morgan fingerprint density at radius 2 is 2.06 bits per heavy atom. The molecular formula is C12H16N6. The number of aryl methyl sites for hydroxylation is 1. The number of nitrogens with zero attached hydrogens (tertiary/aromatic N) is 4. The number of hydrogen-bond acceptors (Lipinski definition) is 4. The van der Waals surface area contributed by atoms with E-state index in [2.05, 4.69) is 20.2 Å². The molecule has 0 bridgehead atoms. The van der Waals surface area contributed by atoms with Crippen LogP contribution >= 0.6 is 0 Å². The van der Waals surface area contributed by atoms with Gasteiger partial charge in [0.1, 0.15) is 17.8 Å². The van der Waals surface area contributed by atoms with E-state index in [4.69, 9.17) is 5.73 Å². The fourth-order valence-electron chi connectivity index (χ4n) is 1.84.